The van der Waals surface area contributed by atoms with Gasteiger partial charge in [-0.3, -0.25) is 19.2 Å². The van der Waals surface area contributed by atoms with E-state index in [1.165, 1.54) is 44.6 Å². The van der Waals surface area contributed by atoms with Gasteiger partial charge in [0.15, 0.2) is 11.4 Å². The largest absolute Gasteiger partial charge is 0.477 e. The second kappa shape index (κ2) is 40.5. The van der Waals surface area contributed by atoms with Crippen molar-refractivity contribution in [1.29, 1.82) is 0 Å². The summed E-state index contributed by atoms with van der Waals surface area (Å²) in [6.45, 7) is 12.6. The molecule has 4 aromatic rings. The van der Waals surface area contributed by atoms with Gasteiger partial charge >= 0.3 is 11.9 Å². The molecule has 0 unspecified atom stereocenters. The van der Waals surface area contributed by atoms with E-state index in [1.54, 1.807) is 44.7 Å². The quantitative estimate of drug-likeness (QED) is 0.0816. The molecule has 4 aromatic heterocycles. The van der Waals surface area contributed by atoms with Gasteiger partial charge in [-0.15, -0.1) is 0 Å². The first kappa shape index (κ1) is 77.6. The van der Waals surface area contributed by atoms with Gasteiger partial charge in [0.25, 0.3) is 0 Å². The molecule has 4 fully saturated rings. The summed E-state index contributed by atoms with van der Waals surface area (Å²) in [4.78, 5) is 105. The van der Waals surface area contributed by atoms with Crippen LogP contribution in [0.15, 0.2) is 49.6 Å². The summed E-state index contributed by atoms with van der Waals surface area (Å²) < 4.78 is 4.62. The number of carbonyl (C=O) groups excluding carboxylic acids is 5. The Kier molecular flexibility index (Phi) is 39.3. The van der Waals surface area contributed by atoms with Crippen molar-refractivity contribution in [2.24, 2.45) is 5.73 Å². The second-order valence-corrected chi connectivity index (χ2v) is 18.5. The molecule has 27 heteroatoms. The number of nitrogens with zero attached hydrogens (tertiary/aromatic N) is 12. The van der Waals surface area contributed by atoms with E-state index in [0.717, 1.165) is 96.5 Å². The van der Waals surface area contributed by atoms with E-state index in [1.807, 2.05) is 14.7 Å². The normalized spacial score (nSPS) is 15.0. The zero-order valence-electron chi connectivity index (χ0n) is 42.1. The lowest BCUT2D eigenvalue weighted by Crippen LogP contribution is -2.41. The number of anilines is 3. The van der Waals surface area contributed by atoms with Crippen molar-refractivity contribution in [3.05, 3.63) is 76.4 Å². The predicted octanol–water partition coefficient (Wildman–Crippen LogP) is 8.39. The maximum absolute atomic E-state index is 11.4. The number of piperidine rings is 4. The lowest BCUT2D eigenvalue weighted by molar-refractivity contribution is -0.130. The van der Waals surface area contributed by atoms with Crippen LogP contribution in [0.25, 0.3) is 0 Å². The van der Waals surface area contributed by atoms with Gasteiger partial charge in [0.2, 0.25) is 23.6 Å². The monoisotopic (exact) mass is 1180 g/mol. The van der Waals surface area contributed by atoms with Crippen molar-refractivity contribution < 1.29 is 38.6 Å². The molecule has 8 rings (SSSR count). The number of aromatic carboxylic acids is 1. The number of halogens is 3. The van der Waals surface area contributed by atoms with Crippen LogP contribution in [-0.4, -0.2) is 184 Å². The van der Waals surface area contributed by atoms with E-state index in [-0.39, 0.29) is 91.7 Å². The summed E-state index contributed by atoms with van der Waals surface area (Å²) >= 11 is 16.6. The zero-order valence-corrected chi connectivity index (χ0v) is 44.4. The van der Waals surface area contributed by atoms with Crippen molar-refractivity contribution in [2.45, 2.75) is 148 Å². The van der Waals surface area contributed by atoms with Gasteiger partial charge in [0.05, 0.1) is 7.11 Å². The Hall–Kier alpha value is -6.63. The maximum Gasteiger partial charge on any atom is 0.356 e. The van der Waals surface area contributed by atoms with Crippen molar-refractivity contribution in [2.75, 3.05) is 75.4 Å². The van der Waals surface area contributed by atoms with Crippen molar-refractivity contribution in [1.82, 2.24) is 59.5 Å². The molecule has 4 saturated heterocycles. The van der Waals surface area contributed by atoms with Gasteiger partial charge in [-0.05, 0) is 51.4 Å². The Bertz CT molecular complexity index is 2440. The topological polar surface area (TPSA) is 310 Å². The lowest BCUT2D eigenvalue weighted by atomic mass is 10.1. The number of esters is 1. The minimum atomic E-state index is -1.07. The van der Waals surface area contributed by atoms with Crippen LogP contribution in [-0.2, 0) is 23.9 Å². The molecule has 0 aromatic carbocycles. The van der Waals surface area contributed by atoms with E-state index in [4.69, 9.17) is 45.6 Å². The third-order valence-corrected chi connectivity index (χ3v) is 12.7. The highest BCUT2D eigenvalue weighted by molar-refractivity contribution is 6.33. The minimum Gasteiger partial charge on any atom is -0.477 e. The Morgan fingerprint density at radius 3 is 1.02 bits per heavy atom. The Balaban J connectivity index is -0.000000938. The van der Waals surface area contributed by atoms with Crippen LogP contribution in [0.4, 0.5) is 17.5 Å². The summed E-state index contributed by atoms with van der Waals surface area (Å²) in [5.41, 5.74) is 5.86. The SMILES string of the molecule is C.C.C.C.C.C.CC(=O)N1CCC(N)CC1.CC(=O)N1CCC(Nc2cc(C(=O)O)ncn2)CC1.CC(=O)N1CCC(Nc2cc(Cl)ncn2)CC1.COC(=O)c1cc(NC2CCN(C(C)=O)CC2)ncn1.Clc1cc(Cl)ncn1. The molecule has 0 radical (unpaired) electrons. The average molecular weight is 1180 g/mol. The van der Waals surface area contributed by atoms with E-state index >= 15 is 0 Å². The van der Waals surface area contributed by atoms with Crippen LogP contribution in [0, 0.1) is 0 Å². The highest BCUT2D eigenvalue weighted by atomic mass is 35.5. The number of hydrogen-bond acceptors (Lipinski definition) is 19. The number of ether oxygens (including phenoxy) is 1. The predicted molar refractivity (Wildman–Crippen MR) is 318 cm³/mol. The van der Waals surface area contributed by atoms with Crippen LogP contribution in [0.3, 0.4) is 0 Å². The second-order valence-electron chi connectivity index (χ2n) is 17.4. The first-order valence-corrected chi connectivity index (χ1v) is 25.1. The molecule has 4 amide bonds. The Morgan fingerprint density at radius 2 is 0.738 bits per heavy atom. The molecule has 0 spiro atoms. The third-order valence-electron chi connectivity index (χ3n) is 12.0. The fourth-order valence-corrected chi connectivity index (χ4v) is 8.28. The van der Waals surface area contributed by atoms with Crippen LogP contribution in [0.1, 0.15) is 145 Å². The van der Waals surface area contributed by atoms with Gasteiger partial charge in [-0.2, -0.15) is 0 Å². The summed E-state index contributed by atoms with van der Waals surface area (Å²) in [6, 6.07) is 7.27. The number of carbonyl (C=O) groups is 6. The number of aromatic nitrogens is 8. The Morgan fingerprint density at radius 1 is 0.463 bits per heavy atom. The van der Waals surface area contributed by atoms with Crippen LogP contribution in [0.5, 0.6) is 0 Å². The van der Waals surface area contributed by atoms with Gasteiger partial charge in [0.1, 0.15) is 58.2 Å². The number of carboxylic acids is 1. The highest BCUT2D eigenvalue weighted by Gasteiger charge is 2.24. The van der Waals surface area contributed by atoms with Crippen LogP contribution < -0.4 is 21.7 Å². The summed E-state index contributed by atoms with van der Waals surface area (Å²) in [7, 11) is 1.31. The smallest absolute Gasteiger partial charge is 0.356 e. The molecule has 450 valence electrons. The number of nitrogens with one attached hydrogen (secondary N) is 3. The van der Waals surface area contributed by atoms with Gasteiger partial charge in [-0.25, -0.2) is 49.5 Å². The lowest BCUT2D eigenvalue weighted by Gasteiger charge is -2.31. The van der Waals surface area contributed by atoms with E-state index < -0.39 is 11.9 Å². The van der Waals surface area contributed by atoms with Crippen molar-refractivity contribution >= 4 is 87.8 Å². The molecular weight excluding hydrogens is 1100 g/mol. The van der Waals surface area contributed by atoms with E-state index in [0.29, 0.717) is 52.3 Å². The van der Waals surface area contributed by atoms with Crippen molar-refractivity contribution in [3.63, 3.8) is 0 Å². The number of methoxy groups -OCH3 is 1. The van der Waals surface area contributed by atoms with Crippen molar-refractivity contribution in [3.8, 4) is 0 Å². The molecular formula is C53H89Cl3N16O8. The molecule has 6 N–H and O–H groups in total. The number of nitrogens with two attached hydrogens (primary N) is 1. The fourth-order valence-electron chi connectivity index (χ4n) is 7.79. The first-order chi connectivity index (χ1) is 35.3. The molecule has 0 saturated carbocycles. The summed E-state index contributed by atoms with van der Waals surface area (Å²) in [5, 5.41) is 19.8. The standard InChI is InChI=1S/C13H18N4O3.C12H16N4O3.C11H15ClN4O.C7H14N2O.C4H2Cl2N2.6CH4/c1-9(18)17-5-3-10(4-6-17)16-12-7-11(13(19)20-2)14-8-15-12;1-8(17)16-4-2-9(3-5-16)15-11-6-10(12(18)19)13-7-14-11;1-8(17)16-4-2-9(3-5-16)15-11-6-10(12)13-7-14-11;1-6(10)9-4-2-7(8)3-5-9;5-3-1-4(6)8-2-7-3;;;;;;/h7-8,10H,3-6H2,1-2H3,(H,14,15,16);6-7,9H,2-5H2,1H3,(H,18,19)(H,13,14,15);6-7,9H,2-5H2,1H3,(H,13,14,15);7H,2-5,8H2,1H3;1-2H;6*1H4. The molecule has 80 heavy (non-hydrogen) atoms. The molecule has 0 bridgehead atoms. The summed E-state index contributed by atoms with van der Waals surface area (Å²) in [6.07, 6.45) is 12.5. The van der Waals surface area contributed by atoms with Gasteiger partial charge < -0.3 is 51.1 Å². The molecule has 8 heterocycles. The maximum atomic E-state index is 11.4. The number of likely N-dealkylation sites (tertiary alicyclic amines) is 4. The fraction of sp³-hybridized carbons (Fsp3) is 0.585. The van der Waals surface area contributed by atoms with Gasteiger partial charge in [-0.1, -0.05) is 79.4 Å². The zero-order chi connectivity index (χ0) is 54.2. The van der Waals surface area contributed by atoms with E-state index in [2.05, 4.69) is 60.6 Å². The molecule has 24 nitrogen and oxygen atoms in total. The van der Waals surface area contributed by atoms with Crippen LogP contribution in [0.2, 0.25) is 15.5 Å². The number of carboxylic acid groups (broad SMARTS) is 1. The van der Waals surface area contributed by atoms with Crippen LogP contribution >= 0.6 is 34.8 Å². The molecule has 4 aliphatic rings. The minimum absolute atomic E-state index is 0. The Labute approximate surface area is 489 Å². The van der Waals surface area contributed by atoms with Gasteiger partial charge in [0, 0.05) is 128 Å². The van der Waals surface area contributed by atoms with E-state index in [9.17, 15) is 28.8 Å². The number of amides is 4. The molecule has 0 atom stereocenters. The number of rotatable bonds is 8. The molecule has 4 aliphatic heterocycles. The average Bonchev–Trinajstić information content (AvgIpc) is 3.37. The summed E-state index contributed by atoms with van der Waals surface area (Å²) in [5.74, 6) is 0.813. The third kappa shape index (κ3) is 28.5. The number of hydrogen-bond donors (Lipinski definition) is 5. The molecule has 0 aliphatic carbocycles. The first-order valence-electron chi connectivity index (χ1n) is 23.9. The highest BCUT2D eigenvalue weighted by Crippen LogP contribution is 2.19.